The number of hydrogen-bond acceptors (Lipinski definition) is 3. The summed E-state index contributed by atoms with van der Waals surface area (Å²) in [6, 6.07) is 12.3. The second-order valence-electron chi connectivity index (χ2n) is 4.65. The lowest BCUT2D eigenvalue weighted by molar-refractivity contribution is 0.729. The number of rotatable bonds is 3. The molecule has 1 atom stereocenters. The molecule has 1 heterocycles. The highest BCUT2D eigenvalue weighted by Gasteiger charge is 2.13. The van der Waals surface area contributed by atoms with Crippen molar-refractivity contribution in [1.29, 1.82) is 0 Å². The normalized spacial score (nSPS) is 12.2. The Labute approximate surface area is 108 Å². The molecule has 2 aromatic rings. The first-order valence-electron chi connectivity index (χ1n) is 6.09. The number of benzene rings is 1. The fourth-order valence-corrected chi connectivity index (χ4v) is 1.91. The molecule has 0 aliphatic rings. The highest BCUT2D eigenvalue weighted by atomic mass is 15.2. The smallest absolute Gasteiger partial charge is 0.128 e. The first-order chi connectivity index (χ1) is 8.58. The zero-order chi connectivity index (χ0) is 13.1. The van der Waals surface area contributed by atoms with Gasteiger partial charge in [0.15, 0.2) is 0 Å². The van der Waals surface area contributed by atoms with Gasteiger partial charge in [0, 0.05) is 18.9 Å². The van der Waals surface area contributed by atoms with E-state index in [-0.39, 0.29) is 6.04 Å². The summed E-state index contributed by atoms with van der Waals surface area (Å²) in [5.74, 6) is 0.968. The summed E-state index contributed by atoms with van der Waals surface area (Å²) < 4.78 is 0. The molecule has 3 heteroatoms. The van der Waals surface area contributed by atoms with Gasteiger partial charge in [0.05, 0.1) is 6.04 Å². The Kier molecular flexibility index (Phi) is 3.51. The molecule has 2 rings (SSSR count). The molecular formula is C15H19N3. The average molecular weight is 241 g/mol. The first-order valence-corrected chi connectivity index (χ1v) is 6.09. The second kappa shape index (κ2) is 5.08. The molecule has 0 fully saturated rings. The van der Waals surface area contributed by atoms with Gasteiger partial charge in [0.25, 0.3) is 0 Å². The van der Waals surface area contributed by atoms with Gasteiger partial charge in [0.1, 0.15) is 5.82 Å². The summed E-state index contributed by atoms with van der Waals surface area (Å²) in [4.78, 5) is 6.59. The van der Waals surface area contributed by atoms with Crippen LogP contribution in [0.1, 0.15) is 24.1 Å². The van der Waals surface area contributed by atoms with E-state index in [0.29, 0.717) is 0 Å². The number of aromatic nitrogens is 1. The zero-order valence-corrected chi connectivity index (χ0v) is 11.1. The van der Waals surface area contributed by atoms with E-state index in [2.05, 4.69) is 28.9 Å². The van der Waals surface area contributed by atoms with Crippen molar-refractivity contribution >= 4 is 11.5 Å². The molecule has 0 bridgehead atoms. The predicted molar refractivity (Wildman–Crippen MR) is 76.6 cm³/mol. The number of anilines is 2. The zero-order valence-electron chi connectivity index (χ0n) is 11.1. The highest BCUT2D eigenvalue weighted by molar-refractivity contribution is 5.46. The van der Waals surface area contributed by atoms with Gasteiger partial charge < -0.3 is 10.6 Å². The van der Waals surface area contributed by atoms with E-state index in [1.807, 2.05) is 44.4 Å². The molecule has 94 valence electrons. The lowest BCUT2D eigenvalue weighted by Gasteiger charge is -2.26. The Morgan fingerprint density at radius 1 is 1.22 bits per heavy atom. The van der Waals surface area contributed by atoms with Crippen LogP contribution in [0.3, 0.4) is 0 Å². The molecule has 3 nitrogen and oxygen atoms in total. The van der Waals surface area contributed by atoms with E-state index >= 15 is 0 Å². The largest absolute Gasteiger partial charge is 0.399 e. The Morgan fingerprint density at radius 3 is 2.61 bits per heavy atom. The van der Waals surface area contributed by atoms with Crippen LogP contribution in [-0.4, -0.2) is 12.0 Å². The molecular weight excluding hydrogens is 222 g/mol. The van der Waals surface area contributed by atoms with Crippen LogP contribution in [-0.2, 0) is 0 Å². The molecule has 1 aromatic carbocycles. The van der Waals surface area contributed by atoms with Crippen LogP contribution in [0.15, 0.2) is 42.6 Å². The summed E-state index contributed by atoms with van der Waals surface area (Å²) in [6.07, 6.45) is 1.89. The van der Waals surface area contributed by atoms with Crippen molar-refractivity contribution < 1.29 is 0 Å². The third kappa shape index (κ3) is 2.62. The number of nitrogens with two attached hydrogens (primary N) is 1. The lowest BCUT2D eigenvalue weighted by atomic mass is 10.1. The molecule has 0 saturated carbocycles. The Hall–Kier alpha value is -2.03. The Balaban J connectivity index is 2.23. The van der Waals surface area contributed by atoms with Crippen molar-refractivity contribution in [3.05, 3.63) is 53.7 Å². The molecule has 18 heavy (non-hydrogen) atoms. The molecule has 1 unspecified atom stereocenters. The quantitative estimate of drug-likeness (QED) is 0.839. The van der Waals surface area contributed by atoms with Gasteiger partial charge in [-0.05, 0) is 43.2 Å². The summed E-state index contributed by atoms with van der Waals surface area (Å²) in [5.41, 5.74) is 8.98. The number of nitrogen functional groups attached to an aromatic ring is 1. The Bertz CT molecular complexity index is 520. The van der Waals surface area contributed by atoms with E-state index in [1.54, 1.807) is 0 Å². The molecule has 0 radical (unpaired) electrons. The van der Waals surface area contributed by atoms with E-state index in [1.165, 1.54) is 11.1 Å². The summed E-state index contributed by atoms with van der Waals surface area (Å²) >= 11 is 0. The van der Waals surface area contributed by atoms with Crippen molar-refractivity contribution in [2.24, 2.45) is 0 Å². The van der Waals surface area contributed by atoms with Crippen LogP contribution in [0, 0.1) is 6.92 Å². The van der Waals surface area contributed by atoms with Gasteiger partial charge in [-0.3, -0.25) is 0 Å². The molecule has 0 amide bonds. The van der Waals surface area contributed by atoms with Gasteiger partial charge in [-0.2, -0.15) is 0 Å². The fraction of sp³-hybridized carbons (Fsp3) is 0.267. The van der Waals surface area contributed by atoms with Gasteiger partial charge >= 0.3 is 0 Å². The number of pyridine rings is 1. The fourth-order valence-electron chi connectivity index (χ4n) is 1.91. The monoisotopic (exact) mass is 241 g/mol. The number of hydrogen-bond donors (Lipinski definition) is 1. The van der Waals surface area contributed by atoms with Crippen LogP contribution >= 0.6 is 0 Å². The molecule has 2 N–H and O–H groups in total. The van der Waals surface area contributed by atoms with Crippen LogP contribution in [0.2, 0.25) is 0 Å². The summed E-state index contributed by atoms with van der Waals surface area (Å²) in [7, 11) is 2.05. The van der Waals surface area contributed by atoms with E-state index in [9.17, 15) is 0 Å². The average Bonchev–Trinajstić information content (AvgIpc) is 2.38. The maximum atomic E-state index is 5.82. The van der Waals surface area contributed by atoms with E-state index < -0.39 is 0 Å². The minimum Gasteiger partial charge on any atom is -0.399 e. The maximum absolute atomic E-state index is 5.82. The lowest BCUT2D eigenvalue weighted by Crippen LogP contribution is -2.22. The standard InChI is InChI=1S/C15H19N3/c1-11-7-8-15(17-10-11)18(3)12(2)13-5-4-6-14(16)9-13/h4-10,12H,16H2,1-3H3. The summed E-state index contributed by atoms with van der Waals surface area (Å²) in [5, 5.41) is 0. The van der Waals surface area contributed by atoms with Crippen molar-refractivity contribution in [1.82, 2.24) is 4.98 Å². The number of aryl methyl sites for hydroxylation is 1. The molecule has 0 saturated heterocycles. The maximum Gasteiger partial charge on any atom is 0.128 e. The Morgan fingerprint density at radius 2 is 2.00 bits per heavy atom. The SMILES string of the molecule is Cc1ccc(N(C)C(C)c2cccc(N)c2)nc1. The van der Waals surface area contributed by atoms with Gasteiger partial charge in [-0.25, -0.2) is 4.98 Å². The molecule has 1 aromatic heterocycles. The van der Waals surface area contributed by atoms with Crippen molar-refractivity contribution in [2.45, 2.75) is 19.9 Å². The third-order valence-electron chi connectivity index (χ3n) is 3.23. The van der Waals surface area contributed by atoms with Gasteiger partial charge in [-0.15, -0.1) is 0 Å². The predicted octanol–water partition coefficient (Wildman–Crippen LogP) is 3.17. The van der Waals surface area contributed by atoms with Crippen molar-refractivity contribution in [3.63, 3.8) is 0 Å². The van der Waals surface area contributed by atoms with E-state index in [4.69, 9.17) is 5.73 Å². The van der Waals surface area contributed by atoms with E-state index in [0.717, 1.165) is 11.5 Å². The summed E-state index contributed by atoms with van der Waals surface area (Å²) in [6.45, 7) is 4.19. The minimum atomic E-state index is 0.240. The van der Waals surface area contributed by atoms with Crippen LogP contribution in [0.4, 0.5) is 11.5 Å². The highest BCUT2D eigenvalue weighted by Crippen LogP contribution is 2.24. The van der Waals surface area contributed by atoms with Gasteiger partial charge in [0.2, 0.25) is 0 Å². The second-order valence-corrected chi connectivity index (χ2v) is 4.65. The molecule has 0 aliphatic carbocycles. The third-order valence-corrected chi connectivity index (χ3v) is 3.23. The molecule has 0 spiro atoms. The minimum absolute atomic E-state index is 0.240. The van der Waals surface area contributed by atoms with Crippen LogP contribution in [0.25, 0.3) is 0 Å². The molecule has 0 aliphatic heterocycles. The van der Waals surface area contributed by atoms with Crippen molar-refractivity contribution in [3.8, 4) is 0 Å². The number of nitrogens with zero attached hydrogens (tertiary/aromatic N) is 2. The van der Waals surface area contributed by atoms with Gasteiger partial charge in [-0.1, -0.05) is 18.2 Å². The van der Waals surface area contributed by atoms with Crippen molar-refractivity contribution in [2.75, 3.05) is 17.7 Å². The topological polar surface area (TPSA) is 42.1 Å². The van der Waals surface area contributed by atoms with Crippen LogP contribution < -0.4 is 10.6 Å². The van der Waals surface area contributed by atoms with Crippen LogP contribution in [0.5, 0.6) is 0 Å². The first kappa shape index (κ1) is 12.4.